The van der Waals surface area contributed by atoms with E-state index in [4.69, 9.17) is 16.9 Å². The lowest BCUT2D eigenvalue weighted by molar-refractivity contribution is 0.0938. The fourth-order valence-electron chi connectivity index (χ4n) is 2.33. The van der Waals surface area contributed by atoms with E-state index in [1.54, 1.807) is 37.3 Å². The van der Waals surface area contributed by atoms with E-state index in [1.165, 1.54) is 17.2 Å². The van der Waals surface area contributed by atoms with Crippen molar-refractivity contribution in [1.82, 2.24) is 25.1 Å². The summed E-state index contributed by atoms with van der Waals surface area (Å²) in [6.45, 7) is 1.79. The molecule has 1 amide bonds. The number of aromatic nitrogens is 4. The molecule has 3 aromatic rings. The van der Waals surface area contributed by atoms with Crippen molar-refractivity contribution in [3.63, 3.8) is 0 Å². The molecule has 0 aliphatic carbocycles. The highest BCUT2D eigenvalue weighted by molar-refractivity contribution is 9.10. The average molecular weight is 432 g/mol. The van der Waals surface area contributed by atoms with Gasteiger partial charge in [-0.2, -0.15) is 15.0 Å². The predicted octanol–water partition coefficient (Wildman–Crippen LogP) is 3.44. The van der Waals surface area contributed by atoms with Crippen LogP contribution in [-0.2, 0) is 0 Å². The van der Waals surface area contributed by atoms with Gasteiger partial charge >= 0.3 is 0 Å². The first-order valence-electron chi connectivity index (χ1n) is 7.51. The Balaban J connectivity index is 1.82. The molecule has 9 heteroatoms. The molecule has 0 saturated carbocycles. The molecular formula is C17H12BrClN6O. The largest absolute Gasteiger partial charge is 0.342 e. The molecule has 0 fully saturated rings. The van der Waals surface area contributed by atoms with Gasteiger partial charge in [-0.05, 0) is 37.3 Å². The molecule has 26 heavy (non-hydrogen) atoms. The number of hydrogen-bond acceptors (Lipinski definition) is 5. The molecular weight excluding hydrogens is 420 g/mol. The van der Waals surface area contributed by atoms with E-state index in [2.05, 4.69) is 36.3 Å². The van der Waals surface area contributed by atoms with Crippen LogP contribution in [0, 0.1) is 11.3 Å². The van der Waals surface area contributed by atoms with Gasteiger partial charge in [0.25, 0.3) is 5.91 Å². The first-order valence-corrected chi connectivity index (χ1v) is 8.68. The molecule has 0 bridgehead atoms. The maximum absolute atomic E-state index is 12.5. The van der Waals surface area contributed by atoms with E-state index < -0.39 is 6.04 Å². The smallest absolute Gasteiger partial charge is 0.251 e. The lowest BCUT2D eigenvalue weighted by atomic mass is 10.2. The molecule has 3 rings (SSSR count). The number of halogens is 2. The number of carbonyl (C=O) groups is 1. The first kappa shape index (κ1) is 18.0. The van der Waals surface area contributed by atoms with Crippen LogP contribution in [-0.4, -0.2) is 25.7 Å². The number of pyridine rings is 1. The van der Waals surface area contributed by atoms with Crippen LogP contribution in [0.3, 0.4) is 0 Å². The van der Waals surface area contributed by atoms with Crippen molar-refractivity contribution in [1.29, 1.82) is 5.26 Å². The zero-order valence-corrected chi connectivity index (χ0v) is 15.9. The molecule has 1 atom stereocenters. The number of nitriles is 1. The van der Waals surface area contributed by atoms with Crippen LogP contribution >= 0.6 is 27.5 Å². The van der Waals surface area contributed by atoms with Gasteiger partial charge in [-0.3, -0.25) is 4.79 Å². The molecule has 2 aromatic heterocycles. The number of rotatable bonds is 4. The van der Waals surface area contributed by atoms with Crippen LogP contribution in [0.1, 0.15) is 34.7 Å². The summed E-state index contributed by atoms with van der Waals surface area (Å²) in [5, 5.41) is 16.3. The van der Waals surface area contributed by atoms with E-state index in [9.17, 15) is 4.79 Å². The molecule has 0 aliphatic rings. The molecule has 0 aliphatic heterocycles. The maximum atomic E-state index is 12.5. The fraction of sp³-hybridized carbons (Fsp3) is 0.118. The highest BCUT2D eigenvalue weighted by Gasteiger charge is 2.18. The third-order valence-electron chi connectivity index (χ3n) is 3.53. The van der Waals surface area contributed by atoms with E-state index in [-0.39, 0.29) is 5.91 Å². The Kier molecular flexibility index (Phi) is 5.30. The Morgan fingerprint density at radius 3 is 2.81 bits per heavy atom. The van der Waals surface area contributed by atoms with Crippen molar-refractivity contribution in [2.45, 2.75) is 13.0 Å². The summed E-state index contributed by atoms with van der Waals surface area (Å²) >= 11 is 9.31. The molecule has 0 radical (unpaired) electrons. The van der Waals surface area contributed by atoms with E-state index in [1.807, 2.05) is 6.07 Å². The summed E-state index contributed by atoms with van der Waals surface area (Å²) in [5.74, 6) is 0.725. The van der Waals surface area contributed by atoms with Crippen molar-refractivity contribution in [3.05, 3.63) is 69.3 Å². The second kappa shape index (κ2) is 7.64. The van der Waals surface area contributed by atoms with Gasteiger partial charge in [-0.15, -0.1) is 0 Å². The second-order valence-electron chi connectivity index (χ2n) is 5.40. The Labute approximate surface area is 162 Å². The minimum Gasteiger partial charge on any atom is -0.342 e. The van der Waals surface area contributed by atoms with Crippen molar-refractivity contribution >= 4 is 33.4 Å². The van der Waals surface area contributed by atoms with Crippen LogP contribution < -0.4 is 5.32 Å². The summed E-state index contributed by atoms with van der Waals surface area (Å²) in [6.07, 6.45) is 2.83. The molecule has 0 saturated heterocycles. The number of amides is 1. The van der Waals surface area contributed by atoms with Crippen molar-refractivity contribution in [2.24, 2.45) is 0 Å². The Bertz CT molecular complexity index is 975. The zero-order chi connectivity index (χ0) is 18.7. The van der Waals surface area contributed by atoms with Gasteiger partial charge in [-0.25, -0.2) is 9.97 Å². The minimum absolute atomic E-state index is 0.289. The van der Waals surface area contributed by atoms with E-state index >= 15 is 0 Å². The fourth-order valence-corrected chi connectivity index (χ4v) is 3.19. The van der Waals surface area contributed by atoms with Gasteiger partial charge in [0.15, 0.2) is 11.6 Å². The van der Waals surface area contributed by atoms with Crippen LogP contribution in [0.5, 0.6) is 0 Å². The molecule has 0 spiro atoms. The molecule has 7 nitrogen and oxygen atoms in total. The van der Waals surface area contributed by atoms with Crippen molar-refractivity contribution < 1.29 is 4.79 Å². The normalized spacial score (nSPS) is 11.6. The molecule has 1 unspecified atom stereocenters. The minimum atomic E-state index is -0.430. The highest BCUT2D eigenvalue weighted by atomic mass is 79.9. The quantitative estimate of drug-likeness (QED) is 0.682. The van der Waals surface area contributed by atoms with Crippen molar-refractivity contribution in [2.75, 3.05) is 0 Å². The summed E-state index contributed by atoms with van der Waals surface area (Å²) in [7, 11) is 0. The summed E-state index contributed by atoms with van der Waals surface area (Å²) < 4.78 is 2.23. The highest BCUT2D eigenvalue weighted by Crippen LogP contribution is 2.20. The molecule has 1 aromatic carbocycles. The van der Waals surface area contributed by atoms with Crippen LogP contribution in [0.25, 0.3) is 5.82 Å². The lowest BCUT2D eigenvalue weighted by Gasteiger charge is -2.14. The second-order valence-corrected chi connectivity index (χ2v) is 6.75. The predicted molar refractivity (Wildman–Crippen MR) is 98.9 cm³/mol. The van der Waals surface area contributed by atoms with Crippen LogP contribution in [0.15, 0.2) is 47.3 Å². The van der Waals surface area contributed by atoms with Crippen molar-refractivity contribution in [3.8, 4) is 11.9 Å². The number of nitrogens with one attached hydrogen (secondary N) is 1. The monoisotopic (exact) mass is 430 g/mol. The number of nitrogens with zero attached hydrogens (tertiary/aromatic N) is 5. The van der Waals surface area contributed by atoms with Gasteiger partial charge < -0.3 is 5.32 Å². The third-order valence-corrected chi connectivity index (χ3v) is 4.20. The maximum Gasteiger partial charge on any atom is 0.251 e. The number of benzene rings is 1. The van der Waals surface area contributed by atoms with Gasteiger partial charge in [0.05, 0.1) is 11.6 Å². The van der Waals surface area contributed by atoms with Gasteiger partial charge in [0.1, 0.15) is 12.4 Å². The Hall–Kier alpha value is -2.76. The Morgan fingerprint density at radius 1 is 1.35 bits per heavy atom. The average Bonchev–Trinajstić information content (AvgIpc) is 3.10. The van der Waals surface area contributed by atoms with Gasteiger partial charge in [0, 0.05) is 21.3 Å². The summed E-state index contributed by atoms with van der Waals surface area (Å²) in [6, 6.07) is 9.86. The third kappa shape index (κ3) is 3.90. The lowest BCUT2D eigenvalue weighted by Crippen LogP contribution is -2.28. The van der Waals surface area contributed by atoms with Crippen LogP contribution in [0.4, 0.5) is 0 Å². The topological polar surface area (TPSA) is 96.5 Å². The molecule has 130 valence electrons. The zero-order valence-electron chi connectivity index (χ0n) is 13.5. The van der Waals surface area contributed by atoms with Gasteiger partial charge in [0.2, 0.25) is 0 Å². The molecule has 2 heterocycles. The SMILES string of the molecule is CC(NC(=O)c1cc(Cl)cc(Br)c1)c1ncnn1-c1ccc(C#N)cn1. The summed E-state index contributed by atoms with van der Waals surface area (Å²) in [5.41, 5.74) is 0.877. The van der Waals surface area contributed by atoms with Crippen LogP contribution in [0.2, 0.25) is 5.02 Å². The van der Waals surface area contributed by atoms with E-state index in [0.717, 1.165) is 0 Å². The van der Waals surface area contributed by atoms with E-state index in [0.29, 0.717) is 32.3 Å². The number of carbonyl (C=O) groups excluding carboxylic acids is 1. The van der Waals surface area contributed by atoms with Gasteiger partial charge in [-0.1, -0.05) is 27.5 Å². The first-order chi connectivity index (χ1) is 12.5. The summed E-state index contributed by atoms with van der Waals surface area (Å²) in [4.78, 5) is 20.9. The standard InChI is InChI=1S/C17H12BrClN6O/c1-10(24-17(26)12-4-13(18)6-14(19)5-12)16-22-9-23-25(16)15-3-2-11(7-20)8-21-15/h2-6,8-10H,1H3,(H,24,26). The molecule has 1 N–H and O–H groups in total. The Morgan fingerprint density at radius 2 is 2.15 bits per heavy atom. The number of hydrogen-bond donors (Lipinski definition) is 1.